The number of hydrogen-bond acceptors (Lipinski definition) is 3. The van der Waals surface area contributed by atoms with Crippen LogP contribution in [0.1, 0.15) is 38.3 Å². The molecular weight excluding hydrogens is 258 g/mol. The van der Waals surface area contributed by atoms with Crippen LogP contribution in [-0.2, 0) is 13.0 Å². The smallest absolute Gasteiger partial charge is 0.0180 e. The van der Waals surface area contributed by atoms with Crippen molar-refractivity contribution in [2.45, 2.75) is 40.2 Å². The summed E-state index contributed by atoms with van der Waals surface area (Å²) >= 11 is 0. The van der Waals surface area contributed by atoms with Gasteiger partial charge >= 0.3 is 0 Å². The second-order valence-electron chi connectivity index (χ2n) is 5.54. The largest absolute Gasteiger partial charge is 0.326 e. The van der Waals surface area contributed by atoms with Crippen molar-refractivity contribution < 1.29 is 0 Å². The van der Waals surface area contributed by atoms with E-state index in [0.717, 1.165) is 32.6 Å². The number of benzene rings is 1. The standard InChI is InChI=1S/C18H33N3/c1-4-20(5-2)13-9-14-21(6-3)15-12-17-10-7-8-11-18(17)16-19/h7-8,10-11H,4-6,9,12-16,19H2,1-3H3. The molecule has 0 saturated heterocycles. The van der Waals surface area contributed by atoms with Crippen molar-refractivity contribution in [2.24, 2.45) is 5.73 Å². The topological polar surface area (TPSA) is 32.5 Å². The molecule has 0 atom stereocenters. The molecule has 0 heterocycles. The maximum Gasteiger partial charge on any atom is 0.0180 e. The fourth-order valence-corrected chi connectivity index (χ4v) is 2.76. The van der Waals surface area contributed by atoms with Gasteiger partial charge in [-0.3, -0.25) is 0 Å². The molecule has 3 nitrogen and oxygen atoms in total. The van der Waals surface area contributed by atoms with Crippen LogP contribution in [-0.4, -0.2) is 49.1 Å². The van der Waals surface area contributed by atoms with Gasteiger partial charge in [-0.1, -0.05) is 45.0 Å². The molecule has 0 amide bonds. The molecule has 0 fully saturated rings. The molecule has 21 heavy (non-hydrogen) atoms. The Balaban J connectivity index is 2.37. The van der Waals surface area contributed by atoms with E-state index in [4.69, 9.17) is 5.73 Å². The predicted octanol–water partition coefficient (Wildman–Crippen LogP) is 2.74. The van der Waals surface area contributed by atoms with Gasteiger partial charge < -0.3 is 15.5 Å². The predicted molar refractivity (Wildman–Crippen MR) is 92.6 cm³/mol. The highest BCUT2D eigenvalue weighted by molar-refractivity contribution is 5.27. The van der Waals surface area contributed by atoms with Crippen LogP contribution >= 0.6 is 0 Å². The maximum atomic E-state index is 5.81. The minimum absolute atomic E-state index is 0.643. The van der Waals surface area contributed by atoms with Crippen LogP contribution in [0, 0.1) is 0 Å². The van der Waals surface area contributed by atoms with Crippen LogP contribution in [0.4, 0.5) is 0 Å². The molecule has 0 saturated carbocycles. The minimum Gasteiger partial charge on any atom is -0.326 e. The van der Waals surface area contributed by atoms with Crippen molar-refractivity contribution in [3.8, 4) is 0 Å². The first-order valence-electron chi connectivity index (χ1n) is 8.46. The molecule has 1 rings (SSSR count). The molecule has 0 aliphatic rings. The van der Waals surface area contributed by atoms with Gasteiger partial charge in [-0.25, -0.2) is 0 Å². The van der Waals surface area contributed by atoms with Gasteiger partial charge in [0, 0.05) is 13.1 Å². The van der Waals surface area contributed by atoms with Gasteiger partial charge in [0.25, 0.3) is 0 Å². The molecule has 0 radical (unpaired) electrons. The number of likely N-dealkylation sites (N-methyl/N-ethyl adjacent to an activating group) is 1. The first-order valence-corrected chi connectivity index (χ1v) is 8.46. The fraction of sp³-hybridized carbons (Fsp3) is 0.667. The van der Waals surface area contributed by atoms with E-state index in [9.17, 15) is 0 Å². The molecule has 3 heteroatoms. The molecule has 0 aliphatic heterocycles. The summed E-state index contributed by atoms with van der Waals surface area (Å²) < 4.78 is 0. The Labute approximate surface area is 131 Å². The average Bonchev–Trinajstić information content (AvgIpc) is 2.54. The fourth-order valence-electron chi connectivity index (χ4n) is 2.76. The zero-order valence-corrected chi connectivity index (χ0v) is 14.1. The van der Waals surface area contributed by atoms with Crippen molar-refractivity contribution in [3.63, 3.8) is 0 Å². The summed E-state index contributed by atoms with van der Waals surface area (Å²) in [5, 5.41) is 0. The lowest BCUT2D eigenvalue weighted by Crippen LogP contribution is -2.31. The monoisotopic (exact) mass is 291 g/mol. The summed E-state index contributed by atoms with van der Waals surface area (Å²) in [6, 6.07) is 8.55. The number of nitrogens with two attached hydrogens (primary N) is 1. The summed E-state index contributed by atoms with van der Waals surface area (Å²) in [6.07, 6.45) is 2.36. The third kappa shape index (κ3) is 6.60. The number of nitrogens with zero attached hydrogens (tertiary/aromatic N) is 2. The SMILES string of the molecule is CCN(CC)CCCN(CC)CCc1ccccc1CN. The van der Waals surface area contributed by atoms with Crippen LogP contribution in [0.25, 0.3) is 0 Å². The van der Waals surface area contributed by atoms with Gasteiger partial charge in [0.05, 0.1) is 0 Å². The molecule has 0 aromatic heterocycles. The average molecular weight is 291 g/mol. The third-order valence-electron chi connectivity index (χ3n) is 4.33. The highest BCUT2D eigenvalue weighted by Gasteiger charge is 2.06. The van der Waals surface area contributed by atoms with E-state index in [1.807, 2.05) is 0 Å². The van der Waals surface area contributed by atoms with Crippen molar-refractivity contribution >= 4 is 0 Å². The lowest BCUT2D eigenvalue weighted by Gasteiger charge is -2.23. The molecule has 0 unspecified atom stereocenters. The second-order valence-corrected chi connectivity index (χ2v) is 5.54. The highest BCUT2D eigenvalue weighted by atomic mass is 15.1. The first-order chi connectivity index (χ1) is 10.2. The summed E-state index contributed by atoms with van der Waals surface area (Å²) in [7, 11) is 0. The Kier molecular flexibility index (Phi) is 9.31. The van der Waals surface area contributed by atoms with E-state index >= 15 is 0 Å². The van der Waals surface area contributed by atoms with E-state index in [2.05, 4.69) is 54.8 Å². The van der Waals surface area contributed by atoms with Crippen LogP contribution < -0.4 is 5.73 Å². The van der Waals surface area contributed by atoms with Gasteiger partial charge in [-0.05, 0) is 56.7 Å². The van der Waals surface area contributed by atoms with Gasteiger partial charge in [0.2, 0.25) is 0 Å². The van der Waals surface area contributed by atoms with Crippen LogP contribution in [0.15, 0.2) is 24.3 Å². The molecule has 1 aromatic carbocycles. The summed E-state index contributed by atoms with van der Waals surface area (Å²) in [4.78, 5) is 5.05. The normalized spacial score (nSPS) is 11.5. The highest BCUT2D eigenvalue weighted by Crippen LogP contribution is 2.09. The Morgan fingerprint density at radius 2 is 1.38 bits per heavy atom. The van der Waals surface area contributed by atoms with Crippen molar-refractivity contribution in [3.05, 3.63) is 35.4 Å². The Hall–Kier alpha value is -0.900. The van der Waals surface area contributed by atoms with Crippen LogP contribution in [0.3, 0.4) is 0 Å². The van der Waals surface area contributed by atoms with Gasteiger partial charge in [0.1, 0.15) is 0 Å². The van der Waals surface area contributed by atoms with Crippen LogP contribution in [0.2, 0.25) is 0 Å². The van der Waals surface area contributed by atoms with Crippen molar-refractivity contribution in [2.75, 3.05) is 39.3 Å². The van der Waals surface area contributed by atoms with E-state index in [1.165, 1.54) is 30.6 Å². The van der Waals surface area contributed by atoms with Crippen LogP contribution in [0.5, 0.6) is 0 Å². The molecule has 0 spiro atoms. The quantitative estimate of drug-likeness (QED) is 0.680. The lowest BCUT2D eigenvalue weighted by atomic mass is 10.0. The Bertz CT molecular complexity index is 374. The van der Waals surface area contributed by atoms with Gasteiger partial charge in [-0.15, -0.1) is 0 Å². The molecule has 0 bridgehead atoms. The van der Waals surface area contributed by atoms with Crippen molar-refractivity contribution in [1.29, 1.82) is 0 Å². The van der Waals surface area contributed by atoms with E-state index < -0.39 is 0 Å². The zero-order valence-electron chi connectivity index (χ0n) is 14.1. The molecule has 0 aliphatic carbocycles. The Morgan fingerprint density at radius 3 is 1.95 bits per heavy atom. The van der Waals surface area contributed by atoms with E-state index in [1.54, 1.807) is 0 Å². The Morgan fingerprint density at radius 1 is 0.810 bits per heavy atom. The van der Waals surface area contributed by atoms with Gasteiger partial charge in [-0.2, -0.15) is 0 Å². The van der Waals surface area contributed by atoms with Gasteiger partial charge in [0.15, 0.2) is 0 Å². The molecular formula is C18H33N3. The number of rotatable bonds is 11. The summed E-state index contributed by atoms with van der Waals surface area (Å²) in [5.74, 6) is 0. The summed E-state index contributed by atoms with van der Waals surface area (Å²) in [6.45, 7) is 14.4. The molecule has 120 valence electrons. The summed E-state index contributed by atoms with van der Waals surface area (Å²) in [5.41, 5.74) is 8.51. The second kappa shape index (κ2) is 10.8. The van der Waals surface area contributed by atoms with E-state index in [-0.39, 0.29) is 0 Å². The van der Waals surface area contributed by atoms with Crippen molar-refractivity contribution in [1.82, 2.24) is 9.80 Å². The van der Waals surface area contributed by atoms with E-state index in [0.29, 0.717) is 6.54 Å². The lowest BCUT2D eigenvalue weighted by molar-refractivity contribution is 0.245. The number of hydrogen-bond donors (Lipinski definition) is 1. The first kappa shape index (κ1) is 18.1. The minimum atomic E-state index is 0.643. The zero-order chi connectivity index (χ0) is 15.5. The molecule has 2 N–H and O–H groups in total. The maximum absolute atomic E-state index is 5.81. The third-order valence-corrected chi connectivity index (χ3v) is 4.33. The molecule has 1 aromatic rings.